The second-order valence-corrected chi connectivity index (χ2v) is 15.3. The fraction of sp³-hybridized carbons (Fsp3) is 0.405. The van der Waals surface area contributed by atoms with E-state index in [1.807, 2.05) is 0 Å². The van der Waals surface area contributed by atoms with Gasteiger partial charge in [0.05, 0.1) is 43.1 Å². The Morgan fingerprint density at radius 3 is 2.31 bits per heavy atom. The monoisotopic (exact) mass is 912 g/mol. The first-order chi connectivity index (χ1) is 31.0. The molecule has 0 saturated carbocycles. The summed E-state index contributed by atoms with van der Waals surface area (Å²) in [6.07, 6.45) is -13.9. The number of anilines is 1. The summed E-state index contributed by atoms with van der Waals surface area (Å²) in [6, 6.07) is 8.82. The molecule has 8 unspecified atom stereocenters. The number of benzene rings is 3. The maximum absolute atomic E-state index is 13.9. The molecule has 3 aromatic carbocycles. The number of aromatic hydroxyl groups is 2. The van der Waals surface area contributed by atoms with Gasteiger partial charge in [0.25, 0.3) is 0 Å². The van der Waals surface area contributed by atoms with Crippen LogP contribution in [0.1, 0.15) is 67.5 Å². The molecule has 0 bridgehead atoms. The molecule has 0 aromatic heterocycles. The quantitative estimate of drug-likeness (QED) is 0.0497. The molecule has 348 valence electrons. The van der Waals surface area contributed by atoms with Crippen LogP contribution in [0.2, 0.25) is 0 Å². The molecular weight excluding hydrogens is 868 g/mol. The zero-order valence-electron chi connectivity index (χ0n) is 34.4. The van der Waals surface area contributed by atoms with Gasteiger partial charge in [0.2, 0.25) is 18.4 Å². The van der Waals surface area contributed by atoms with Crippen LogP contribution in [0.3, 0.4) is 0 Å². The molecule has 2 heterocycles. The number of Topliss-reactive ketones (excluding diaryl/α,β-unsaturated/α-hetero) is 1. The molecular formula is C42H44N2O21. The van der Waals surface area contributed by atoms with Crippen molar-refractivity contribution in [1.82, 2.24) is 5.32 Å². The van der Waals surface area contributed by atoms with E-state index in [-0.39, 0.29) is 53.3 Å². The van der Waals surface area contributed by atoms with Crippen molar-refractivity contribution in [3.63, 3.8) is 0 Å². The zero-order valence-corrected chi connectivity index (χ0v) is 34.4. The lowest BCUT2D eigenvalue weighted by Gasteiger charge is -2.40. The van der Waals surface area contributed by atoms with Gasteiger partial charge in [-0.25, -0.2) is 19.4 Å². The number of methoxy groups -OCH3 is 1. The summed E-state index contributed by atoms with van der Waals surface area (Å²) in [6.45, 7) is -1.79. The fourth-order valence-corrected chi connectivity index (χ4v) is 7.95. The predicted octanol–water partition coefficient (Wildman–Crippen LogP) is 0.553. The van der Waals surface area contributed by atoms with E-state index in [2.05, 4.69) is 15.5 Å². The molecule has 0 spiro atoms. The number of nitrogens with one attached hydrogen (secondary N) is 2. The van der Waals surface area contributed by atoms with E-state index in [0.717, 1.165) is 6.26 Å². The fourth-order valence-electron chi connectivity index (χ4n) is 7.95. The molecule has 3 aromatic rings. The largest absolute Gasteiger partial charge is 0.507 e. The maximum Gasteiger partial charge on any atom is 0.414 e. The van der Waals surface area contributed by atoms with E-state index in [1.165, 1.54) is 56.7 Å². The maximum atomic E-state index is 13.9. The normalized spacial score (nSPS) is 26.9. The number of carbonyl (C=O) groups is 5. The first-order valence-electron chi connectivity index (χ1n) is 19.8. The van der Waals surface area contributed by atoms with Crippen molar-refractivity contribution in [1.29, 1.82) is 0 Å². The lowest BCUT2D eigenvalue weighted by atomic mass is 9.72. The summed E-state index contributed by atoms with van der Waals surface area (Å²) in [5, 5.41) is 90.4. The predicted molar refractivity (Wildman–Crippen MR) is 212 cm³/mol. The SMILES string of the molecule is COOCC1OC(OC(=O)Nc2ccc(COC(=O)NC3CC(OC4C[C@](O)(C(=O)CO)Cc5c(O)c6c(c(O)c54)C(=O)c4c(OC)cccc4C6=O)OC=C3O)cc2)C(O)C(O)C1O. The summed E-state index contributed by atoms with van der Waals surface area (Å²) < 4.78 is 32.6. The highest BCUT2D eigenvalue weighted by atomic mass is 17.2. The van der Waals surface area contributed by atoms with Crippen LogP contribution >= 0.6 is 0 Å². The lowest BCUT2D eigenvalue weighted by molar-refractivity contribution is -0.332. The van der Waals surface area contributed by atoms with Crippen LogP contribution in [0.15, 0.2) is 54.5 Å². The van der Waals surface area contributed by atoms with Crippen molar-refractivity contribution in [2.45, 2.75) is 80.6 Å². The first kappa shape index (κ1) is 46.6. The molecule has 23 nitrogen and oxygen atoms in total. The summed E-state index contributed by atoms with van der Waals surface area (Å²) in [4.78, 5) is 75.2. The van der Waals surface area contributed by atoms with Crippen LogP contribution in [0.25, 0.3) is 0 Å². The Morgan fingerprint density at radius 1 is 0.892 bits per heavy atom. The van der Waals surface area contributed by atoms with Crippen molar-refractivity contribution >= 4 is 35.2 Å². The van der Waals surface area contributed by atoms with E-state index < -0.39 is 132 Å². The van der Waals surface area contributed by atoms with Crippen LogP contribution in [-0.2, 0) is 51.3 Å². The molecule has 9 atom stereocenters. The first-order valence-corrected chi connectivity index (χ1v) is 19.8. The highest BCUT2D eigenvalue weighted by Gasteiger charge is 2.50. The van der Waals surface area contributed by atoms with Crippen LogP contribution in [-0.4, -0.2) is 146 Å². The molecule has 1 saturated heterocycles. The van der Waals surface area contributed by atoms with Crippen molar-refractivity contribution < 1.29 is 103 Å². The van der Waals surface area contributed by atoms with Crippen molar-refractivity contribution in [3.8, 4) is 17.2 Å². The topological polar surface area (TPSA) is 345 Å². The number of fused-ring (bicyclic) bond motifs is 3. The average Bonchev–Trinajstić information content (AvgIpc) is 3.29. The van der Waals surface area contributed by atoms with E-state index in [4.69, 9.17) is 33.3 Å². The molecule has 2 aliphatic heterocycles. The lowest BCUT2D eigenvalue weighted by Crippen LogP contribution is -2.59. The van der Waals surface area contributed by atoms with E-state index in [9.17, 15) is 64.8 Å². The summed E-state index contributed by atoms with van der Waals surface area (Å²) in [5.41, 5.74) is -3.81. The number of aliphatic hydroxyl groups excluding tert-OH is 5. The molecule has 1 fully saturated rings. The second kappa shape index (κ2) is 19.0. The third kappa shape index (κ3) is 9.13. The van der Waals surface area contributed by atoms with Crippen LogP contribution in [0.5, 0.6) is 17.2 Å². The number of hydrogen-bond acceptors (Lipinski definition) is 21. The van der Waals surface area contributed by atoms with Crippen LogP contribution in [0.4, 0.5) is 15.3 Å². The molecule has 2 aliphatic carbocycles. The number of ether oxygens (including phenoxy) is 6. The Labute approximate surface area is 367 Å². The van der Waals surface area contributed by atoms with Gasteiger partial charge in [-0.2, -0.15) is 0 Å². The van der Waals surface area contributed by atoms with Gasteiger partial charge in [-0.05, 0) is 23.8 Å². The number of amides is 2. The van der Waals surface area contributed by atoms with Gasteiger partial charge >= 0.3 is 12.2 Å². The number of phenolic OH excluding ortho intramolecular Hbond substituents is 2. The third-order valence-electron chi connectivity index (χ3n) is 11.3. The molecule has 0 radical (unpaired) electrons. The minimum atomic E-state index is -2.41. The Balaban J connectivity index is 0.997. The molecule has 23 heteroatoms. The van der Waals surface area contributed by atoms with Gasteiger partial charge in [0.15, 0.2) is 11.6 Å². The number of aliphatic hydroxyl groups is 6. The number of phenols is 2. The van der Waals surface area contributed by atoms with Crippen LogP contribution in [0, 0.1) is 0 Å². The van der Waals surface area contributed by atoms with Gasteiger partial charge in [0, 0.05) is 41.6 Å². The highest BCUT2D eigenvalue weighted by Crippen LogP contribution is 2.52. The number of carbonyl (C=O) groups excluding carboxylic acids is 5. The minimum absolute atomic E-state index is 0.0212. The Bertz CT molecular complexity index is 2390. The van der Waals surface area contributed by atoms with Gasteiger partial charge in [-0.3, -0.25) is 19.7 Å². The number of alkyl carbamates (subject to hydrolysis) is 1. The highest BCUT2D eigenvalue weighted by molar-refractivity contribution is 6.31. The molecule has 4 aliphatic rings. The van der Waals surface area contributed by atoms with Crippen molar-refractivity contribution in [2.24, 2.45) is 0 Å². The second-order valence-electron chi connectivity index (χ2n) is 15.3. The summed E-state index contributed by atoms with van der Waals surface area (Å²) >= 11 is 0. The Hall–Kier alpha value is -6.41. The average molecular weight is 913 g/mol. The molecule has 2 amide bonds. The number of rotatable bonds is 13. The van der Waals surface area contributed by atoms with Gasteiger partial charge in [-0.15, -0.1) is 0 Å². The van der Waals surface area contributed by atoms with Gasteiger partial charge < -0.3 is 74.6 Å². The third-order valence-corrected chi connectivity index (χ3v) is 11.3. The number of hydrogen-bond donors (Lipinski definition) is 10. The molecule has 10 N–H and O–H groups in total. The summed E-state index contributed by atoms with van der Waals surface area (Å²) in [7, 11) is 2.48. The standard InChI is InChI=1S/C42H44N2O21/c1-58-23-5-3-4-19-28(23)35(51)31-30(32(19)48)33(49)20-11-42(57,26(47)13-45)12-24(29(20)36(31)52)63-27-10-21(22(46)15-60-27)44-40(55)61-14-17-6-8-18(9-7-17)43-41(56)65-39-38(54)37(53)34(50)25(64-39)16-62-59-2/h3-9,15,21,24-25,27,34,37-39,45-46,49-50,52-54,57H,10-14,16H2,1-2H3,(H,43,56)(H,44,55)/t21?,24?,25?,27?,34?,37?,38?,39?,42-/m0/s1. The molecule has 7 rings (SSSR count). The van der Waals surface area contributed by atoms with Crippen molar-refractivity contribution in [3.05, 3.63) is 93.4 Å². The Kier molecular flexibility index (Phi) is 13.6. The van der Waals surface area contributed by atoms with Gasteiger partial charge in [0.1, 0.15) is 79.1 Å². The van der Waals surface area contributed by atoms with E-state index in [0.29, 0.717) is 5.56 Å². The van der Waals surface area contributed by atoms with Gasteiger partial charge in [-0.1, -0.05) is 24.3 Å². The summed E-state index contributed by atoms with van der Waals surface area (Å²) in [5.74, 6) is -4.85. The molecule has 65 heavy (non-hydrogen) atoms. The smallest absolute Gasteiger partial charge is 0.414 e. The Morgan fingerprint density at radius 2 is 1.62 bits per heavy atom. The van der Waals surface area contributed by atoms with Crippen molar-refractivity contribution in [2.75, 3.05) is 32.8 Å². The van der Waals surface area contributed by atoms with E-state index in [1.54, 1.807) is 0 Å². The minimum Gasteiger partial charge on any atom is -0.507 e. The zero-order chi connectivity index (χ0) is 46.9. The van der Waals surface area contributed by atoms with E-state index >= 15 is 0 Å². The number of ketones is 3. The van der Waals surface area contributed by atoms with Crippen LogP contribution < -0.4 is 15.4 Å².